The molecular formula is C14H14BrFN6O2. The zero-order chi connectivity index (χ0) is 17.1. The van der Waals surface area contributed by atoms with Crippen molar-refractivity contribution in [3.05, 3.63) is 40.4 Å². The van der Waals surface area contributed by atoms with Crippen LogP contribution in [0.5, 0.6) is 0 Å². The number of tetrazole rings is 1. The molecule has 0 radical (unpaired) electrons. The molecule has 2 aromatic rings. The lowest BCUT2D eigenvalue weighted by Crippen LogP contribution is -2.51. The Morgan fingerprint density at radius 3 is 2.50 bits per heavy atom. The topological polar surface area (TPSA) is 84.2 Å². The molecule has 3 rings (SSSR count). The molecule has 1 aliphatic heterocycles. The first-order valence-corrected chi connectivity index (χ1v) is 8.07. The van der Waals surface area contributed by atoms with Gasteiger partial charge in [0.15, 0.2) is 0 Å². The minimum absolute atomic E-state index is 0.0739. The van der Waals surface area contributed by atoms with Crippen molar-refractivity contribution in [2.45, 2.75) is 6.54 Å². The van der Waals surface area contributed by atoms with Crippen LogP contribution < -0.4 is 0 Å². The number of amides is 2. The SMILES string of the molecule is O=C(Cn1cnnn1)N1CCN(C(=O)c2ccc(F)cc2Br)CC1. The summed E-state index contributed by atoms with van der Waals surface area (Å²) < 4.78 is 14.9. The monoisotopic (exact) mass is 396 g/mol. The van der Waals surface area contributed by atoms with Crippen LogP contribution in [0.25, 0.3) is 0 Å². The van der Waals surface area contributed by atoms with Crippen molar-refractivity contribution < 1.29 is 14.0 Å². The summed E-state index contributed by atoms with van der Waals surface area (Å²) in [7, 11) is 0. The van der Waals surface area contributed by atoms with Crippen LogP contribution in [0.3, 0.4) is 0 Å². The van der Waals surface area contributed by atoms with Gasteiger partial charge in [-0.05, 0) is 44.6 Å². The smallest absolute Gasteiger partial charge is 0.255 e. The fraction of sp³-hybridized carbons (Fsp3) is 0.357. The molecule has 1 aromatic heterocycles. The molecule has 0 atom stereocenters. The van der Waals surface area contributed by atoms with Gasteiger partial charge in [0.2, 0.25) is 5.91 Å². The van der Waals surface area contributed by atoms with E-state index in [1.807, 2.05) is 0 Å². The van der Waals surface area contributed by atoms with E-state index in [1.165, 1.54) is 29.2 Å². The standard InChI is InChI=1S/C14H14BrFN6O2/c15-12-7-10(16)1-2-11(12)14(24)21-5-3-20(4-6-21)13(23)8-22-9-17-18-19-22/h1-2,7,9H,3-6,8H2. The van der Waals surface area contributed by atoms with Crippen LogP contribution in [0.15, 0.2) is 29.0 Å². The quantitative estimate of drug-likeness (QED) is 0.756. The third kappa shape index (κ3) is 3.58. The third-order valence-corrected chi connectivity index (χ3v) is 4.43. The summed E-state index contributed by atoms with van der Waals surface area (Å²) in [5.74, 6) is -0.691. The third-order valence-electron chi connectivity index (χ3n) is 3.77. The summed E-state index contributed by atoms with van der Waals surface area (Å²) in [6.07, 6.45) is 1.38. The number of aromatic nitrogens is 4. The number of rotatable bonds is 3. The van der Waals surface area contributed by atoms with Gasteiger partial charge < -0.3 is 9.80 Å². The van der Waals surface area contributed by atoms with E-state index in [4.69, 9.17) is 0 Å². The summed E-state index contributed by atoms with van der Waals surface area (Å²) >= 11 is 3.21. The highest BCUT2D eigenvalue weighted by Gasteiger charge is 2.26. The van der Waals surface area contributed by atoms with E-state index in [2.05, 4.69) is 31.5 Å². The zero-order valence-electron chi connectivity index (χ0n) is 12.6. The van der Waals surface area contributed by atoms with Gasteiger partial charge in [0.1, 0.15) is 18.7 Å². The van der Waals surface area contributed by atoms with Gasteiger partial charge in [-0.15, -0.1) is 5.10 Å². The number of halogens is 2. The maximum absolute atomic E-state index is 13.1. The van der Waals surface area contributed by atoms with Crippen molar-refractivity contribution >= 4 is 27.7 Å². The molecule has 8 nitrogen and oxygen atoms in total. The molecule has 1 aliphatic rings. The van der Waals surface area contributed by atoms with Crippen molar-refractivity contribution in [2.75, 3.05) is 26.2 Å². The second-order valence-electron chi connectivity index (χ2n) is 5.30. The van der Waals surface area contributed by atoms with Crippen molar-refractivity contribution in [1.29, 1.82) is 0 Å². The van der Waals surface area contributed by atoms with Gasteiger partial charge in [0.05, 0.1) is 5.56 Å². The number of hydrogen-bond donors (Lipinski definition) is 0. The highest BCUT2D eigenvalue weighted by molar-refractivity contribution is 9.10. The van der Waals surface area contributed by atoms with Crippen LogP contribution >= 0.6 is 15.9 Å². The molecule has 10 heteroatoms. The summed E-state index contributed by atoms with van der Waals surface area (Å²) in [6.45, 7) is 1.79. The van der Waals surface area contributed by atoms with E-state index >= 15 is 0 Å². The Morgan fingerprint density at radius 2 is 1.88 bits per heavy atom. The van der Waals surface area contributed by atoms with Crippen LogP contribution in [0.2, 0.25) is 0 Å². The van der Waals surface area contributed by atoms with E-state index in [0.717, 1.165) is 0 Å². The second-order valence-corrected chi connectivity index (χ2v) is 6.16. The summed E-state index contributed by atoms with van der Waals surface area (Å²) in [4.78, 5) is 28.0. The maximum Gasteiger partial charge on any atom is 0.255 e. The fourth-order valence-corrected chi connectivity index (χ4v) is 3.00. The number of hydrogen-bond acceptors (Lipinski definition) is 5. The van der Waals surface area contributed by atoms with Crippen LogP contribution in [0.1, 0.15) is 10.4 Å². The van der Waals surface area contributed by atoms with E-state index in [9.17, 15) is 14.0 Å². The van der Waals surface area contributed by atoms with Gasteiger partial charge in [-0.2, -0.15) is 0 Å². The molecule has 126 valence electrons. The molecule has 1 saturated heterocycles. The maximum atomic E-state index is 13.1. The van der Waals surface area contributed by atoms with Crippen LogP contribution in [-0.4, -0.2) is 68.0 Å². The molecule has 24 heavy (non-hydrogen) atoms. The lowest BCUT2D eigenvalue weighted by molar-refractivity contribution is -0.133. The highest BCUT2D eigenvalue weighted by atomic mass is 79.9. The number of carbonyl (C=O) groups excluding carboxylic acids is 2. The molecule has 1 aromatic carbocycles. The Labute approximate surface area is 145 Å². The van der Waals surface area contributed by atoms with Crippen LogP contribution in [0.4, 0.5) is 4.39 Å². The largest absolute Gasteiger partial charge is 0.338 e. The van der Waals surface area contributed by atoms with Crippen molar-refractivity contribution in [3.8, 4) is 0 Å². The average molecular weight is 397 g/mol. The van der Waals surface area contributed by atoms with Gasteiger partial charge in [0.25, 0.3) is 5.91 Å². The molecule has 0 N–H and O–H groups in total. The van der Waals surface area contributed by atoms with E-state index in [1.54, 1.807) is 9.80 Å². The minimum atomic E-state index is -0.406. The first-order chi connectivity index (χ1) is 11.5. The van der Waals surface area contributed by atoms with Gasteiger partial charge in [0, 0.05) is 30.7 Å². The molecule has 0 saturated carbocycles. The zero-order valence-corrected chi connectivity index (χ0v) is 14.2. The Kier molecular flexibility index (Phi) is 4.84. The van der Waals surface area contributed by atoms with E-state index < -0.39 is 5.82 Å². The average Bonchev–Trinajstić information content (AvgIpc) is 3.07. The number of carbonyl (C=O) groups is 2. The van der Waals surface area contributed by atoms with Gasteiger partial charge in [-0.3, -0.25) is 9.59 Å². The predicted molar refractivity (Wildman–Crippen MR) is 84.4 cm³/mol. The number of nitrogens with zero attached hydrogens (tertiary/aromatic N) is 6. The van der Waals surface area contributed by atoms with Gasteiger partial charge in [-0.1, -0.05) is 0 Å². The molecule has 1 fully saturated rings. The number of piperazine rings is 1. The highest BCUT2D eigenvalue weighted by Crippen LogP contribution is 2.20. The molecule has 0 unspecified atom stereocenters. The minimum Gasteiger partial charge on any atom is -0.338 e. The Hall–Kier alpha value is -2.36. The number of benzene rings is 1. The first-order valence-electron chi connectivity index (χ1n) is 7.27. The normalized spacial score (nSPS) is 14.8. The molecule has 0 bridgehead atoms. The van der Waals surface area contributed by atoms with Crippen molar-refractivity contribution in [3.63, 3.8) is 0 Å². The van der Waals surface area contributed by atoms with E-state index in [0.29, 0.717) is 36.2 Å². The first kappa shape index (κ1) is 16.5. The molecule has 0 aliphatic carbocycles. The summed E-state index contributed by atoms with van der Waals surface area (Å²) in [5.41, 5.74) is 0.407. The van der Waals surface area contributed by atoms with Crippen molar-refractivity contribution in [2.24, 2.45) is 0 Å². The summed E-state index contributed by atoms with van der Waals surface area (Å²) in [5, 5.41) is 10.6. The van der Waals surface area contributed by atoms with Gasteiger partial charge >= 0.3 is 0 Å². The lowest BCUT2D eigenvalue weighted by atomic mass is 10.1. The Balaban J connectivity index is 1.58. The van der Waals surface area contributed by atoms with Gasteiger partial charge in [-0.25, -0.2) is 9.07 Å². The lowest BCUT2D eigenvalue weighted by Gasteiger charge is -2.34. The summed E-state index contributed by atoms with van der Waals surface area (Å²) in [6, 6.07) is 3.97. The molecule has 2 amide bonds. The predicted octanol–water partition coefficient (Wildman–Crippen LogP) is 0.559. The molecule has 2 heterocycles. The molecule has 0 spiro atoms. The van der Waals surface area contributed by atoms with Crippen LogP contribution in [-0.2, 0) is 11.3 Å². The fourth-order valence-electron chi connectivity index (χ4n) is 2.48. The Bertz CT molecular complexity index is 746. The van der Waals surface area contributed by atoms with Crippen molar-refractivity contribution in [1.82, 2.24) is 30.0 Å². The second kappa shape index (κ2) is 7.04. The molecular weight excluding hydrogens is 383 g/mol. The Morgan fingerprint density at radius 1 is 1.17 bits per heavy atom. The van der Waals surface area contributed by atoms with Crippen LogP contribution in [0, 0.1) is 5.82 Å². The van der Waals surface area contributed by atoms with E-state index in [-0.39, 0.29) is 18.4 Å².